The standard InChI is InChI=1S/C12H22N2S/c1-12(2,3)11(13)9-14(4)8-10-6-5-7-15-10/h5-7,11H,8-9,13H2,1-4H3. The molecule has 2 nitrogen and oxygen atoms in total. The summed E-state index contributed by atoms with van der Waals surface area (Å²) in [6.07, 6.45) is 0. The zero-order chi connectivity index (χ0) is 11.5. The fraction of sp³-hybridized carbons (Fsp3) is 0.667. The van der Waals surface area contributed by atoms with Gasteiger partial charge >= 0.3 is 0 Å². The Balaban J connectivity index is 2.39. The highest BCUT2D eigenvalue weighted by atomic mass is 32.1. The van der Waals surface area contributed by atoms with E-state index >= 15 is 0 Å². The maximum atomic E-state index is 6.14. The van der Waals surface area contributed by atoms with E-state index in [-0.39, 0.29) is 11.5 Å². The van der Waals surface area contributed by atoms with E-state index in [2.05, 4.69) is 50.2 Å². The molecule has 86 valence electrons. The summed E-state index contributed by atoms with van der Waals surface area (Å²) in [5, 5.41) is 2.12. The Bertz CT molecular complexity index is 274. The average molecular weight is 226 g/mol. The third-order valence-electron chi connectivity index (χ3n) is 2.63. The number of thiophene rings is 1. The Kier molecular flexibility index (Phi) is 4.32. The minimum Gasteiger partial charge on any atom is -0.326 e. The second kappa shape index (κ2) is 5.10. The summed E-state index contributed by atoms with van der Waals surface area (Å²) in [5.41, 5.74) is 6.33. The molecule has 3 heteroatoms. The van der Waals surface area contributed by atoms with Gasteiger partial charge in [-0.3, -0.25) is 4.90 Å². The molecule has 0 fully saturated rings. The van der Waals surface area contributed by atoms with Gasteiger partial charge in [-0.1, -0.05) is 26.8 Å². The van der Waals surface area contributed by atoms with Gasteiger partial charge in [0.1, 0.15) is 0 Å². The molecule has 2 N–H and O–H groups in total. The van der Waals surface area contributed by atoms with Crippen LogP contribution in [-0.4, -0.2) is 24.5 Å². The molecule has 0 radical (unpaired) electrons. The van der Waals surface area contributed by atoms with Crippen LogP contribution >= 0.6 is 11.3 Å². The number of hydrogen-bond acceptors (Lipinski definition) is 3. The quantitative estimate of drug-likeness (QED) is 0.855. The van der Waals surface area contributed by atoms with Crippen LogP contribution in [-0.2, 0) is 6.54 Å². The molecule has 0 saturated heterocycles. The average Bonchev–Trinajstić information content (AvgIpc) is 2.54. The summed E-state index contributed by atoms with van der Waals surface area (Å²) in [7, 11) is 2.13. The first-order chi connectivity index (χ1) is 6.89. The van der Waals surface area contributed by atoms with E-state index < -0.39 is 0 Å². The number of rotatable bonds is 4. The first-order valence-electron chi connectivity index (χ1n) is 5.36. The van der Waals surface area contributed by atoms with Crippen LogP contribution in [0.25, 0.3) is 0 Å². The van der Waals surface area contributed by atoms with Crippen LogP contribution in [0.3, 0.4) is 0 Å². The minimum atomic E-state index is 0.184. The molecular formula is C12H22N2S. The smallest absolute Gasteiger partial charge is 0.0325 e. The van der Waals surface area contributed by atoms with E-state index in [1.807, 2.05) is 0 Å². The molecule has 1 rings (SSSR count). The van der Waals surface area contributed by atoms with Crippen LogP contribution in [0.4, 0.5) is 0 Å². The van der Waals surface area contributed by atoms with Crippen molar-refractivity contribution >= 4 is 11.3 Å². The largest absolute Gasteiger partial charge is 0.326 e. The third kappa shape index (κ3) is 4.33. The summed E-state index contributed by atoms with van der Waals surface area (Å²) in [6.45, 7) is 8.52. The summed E-state index contributed by atoms with van der Waals surface area (Å²) in [6, 6.07) is 4.49. The van der Waals surface area contributed by atoms with Crippen molar-refractivity contribution in [1.82, 2.24) is 4.90 Å². The third-order valence-corrected chi connectivity index (χ3v) is 3.49. The molecule has 1 aromatic heterocycles. The minimum absolute atomic E-state index is 0.184. The van der Waals surface area contributed by atoms with E-state index in [0.717, 1.165) is 13.1 Å². The highest BCUT2D eigenvalue weighted by Crippen LogP contribution is 2.19. The Labute approximate surface area is 97.1 Å². The van der Waals surface area contributed by atoms with E-state index in [0.29, 0.717) is 0 Å². The molecule has 0 aliphatic heterocycles. The normalized spacial score (nSPS) is 14.5. The fourth-order valence-corrected chi connectivity index (χ4v) is 2.13. The second-order valence-corrected chi connectivity index (χ2v) is 6.28. The number of hydrogen-bond donors (Lipinski definition) is 1. The highest BCUT2D eigenvalue weighted by molar-refractivity contribution is 7.09. The van der Waals surface area contributed by atoms with Crippen molar-refractivity contribution in [1.29, 1.82) is 0 Å². The van der Waals surface area contributed by atoms with Gasteiger partial charge in [-0.05, 0) is 23.9 Å². The molecule has 0 aliphatic rings. The van der Waals surface area contributed by atoms with Crippen molar-refractivity contribution in [3.8, 4) is 0 Å². The Morgan fingerprint density at radius 1 is 1.47 bits per heavy atom. The van der Waals surface area contributed by atoms with Crippen molar-refractivity contribution in [3.63, 3.8) is 0 Å². The van der Waals surface area contributed by atoms with Gasteiger partial charge in [0.2, 0.25) is 0 Å². The van der Waals surface area contributed by atoms with Crippen LogP contribution in [0.15, 0.2) is 17.5 Å². The summed E-state index contributed by atoms with van der Waals surface area (Å²) in [4.78, 5) is 3.69. The van der Waals surface area contributed by atoms with Gasteiger partial charge in [0.15, 0.2) is 0 Å². The van der Waals surface area contributed by atoms with Gasteiger partial charge in [0.25, 0.3) is 0 Å². The van der Waals surface area contributed by atoms with Crippen molar-refractivity contribution < 1.29 is 0 Å². The fourth-order valence-electron chi connectivity index (χ4n) is 1.34. The van der Waals surface area contributed by atoms with E-state index in [1.54, 1.807) is 11.3 Å². The monoisotopic (exact) mass is 226 g/mol. The predicted octanol–water partition coefficient (Wildman–Crippen LogP) is 2.55. The maximum absolute atomic E-state index is 6.14. The van der Waals surface area contributed by atoms with Crippen molar-refractivity contribution in [2.75, 3.05) is 13.6 Å². The van der Waals surface area contributed by atoms with Crippen LogP contribution in [0.2, 0.25) is 0 Å². The lowest BCUT2D eigenvalue weighted by Crippen LogP contribution is -2.43. The summed E-state index contributed by atoms with van der Waals surface area (Å²) in [5.74, 6) is 0. The lowest BCUT2D eigenvalue weighted by Gasteiger charge is -2.30. The molecule has 15 heavy (non-hydrogen) atoms. The molecule has 0 spiro atoms. The zero-order valence-corrected chi connectivity index (χ0v) is 11.0. The molecule has 0 aliphatic carbocycles. The molecule has 1 atom stereocenters. The van der Waals surface area contributed by atoms with E-state index in [4.69, 9.17) is 5.73 Å². The van der Waals surface area contributed by atoms with E-state index in [9.17, 15) is 0 Å². The second-order valence-electron chi connectivity index (χ2n) is 5.25. The summed E-state index contributed by atoms with van der Waals surface area (Å²) < 4.78 is 0. The van der Waals surface area contributed by atoms with Crippen LogP contribution < -0.4 is 5.73 Å². The molecular weight excluding hydrogens is 204 g/mol. The first kappa shape index (κ1) is 12.7. The number of likely N-dealkylation sites (N-methyl/N-ethyl adjacent to an activating group) is 1. The van der Waals surface area contributed by atoms with Gasteiger partial charge in [-0.15, -0.1) is 11.3 Å². The molecule has 0 saturated carbocycles. The predicted molar refractivity (Wildman–Crippen MR) is 68.1 cm³/mol. The molecule has 1 unspecified atom stereocenters. The number of nitrogens with zero attached hydrogens (tertiary/aromatic N) is 1. The van der Waals surface area contributed by atoms with Gasteiger partial charge in [-0.2, -0.15) is 0 Å². The van der Waals surface area contributed by atoms with Crippen molar-refractivity contribution in [2.24, 2.45) is 11.1 Å². The van der Waals surface area contributed by atoms with Gasteiger partial charge in [-0.25, -0.2) is 0 Å². The van der Waals surface area contributed by atoms with Gasteiger partial charge in [0.05, 0.1) is 0 Å². The molecule has 1 aromatic rings. The van der Waals surface area contributed by atoms with E-state index in [1.165, 1.54) is 4.88 Å². The zero-order valence-electron chi connectivity index (χ0n) is 10.2. The number of nitrogens with two attached hydrogens (primary N) is 1. The molecule has 0 bridgehead atoms. The van der Waals surface area contributed by atoms with Gasteiger partial charge in [0, 0.05) is 24.0 Å². The molecule has 1 heterocycles. The van der Waals surface area contributed by atoms with Crippen LogP contribution in [0.1, 0.15) is 25.6 Å². The highest BCUT2D eigenvalue weighted by Gasteiger charge is 2.21. The Morgan fingerprint density at radius 3 is 2.60 bits per heavy atom. The maximum Gasteiger partial charge on any atom is 0.0325 e. The van der Waals surface area contributed by atoms with Crippen LogP contribution in [0.5, 0.6) is 0 Å². The summed E-state index contributed by atoms with van der Waals surface area (Å²) >= 11 is 1.80. The molecule has 0 amide bonds. The lowest BCUT2D eigenvalue weighted by molar-refractivity contribution is 0.223. The lowest BCUT2D eigenvalue weighted by atomic mass is 9.87. The SMILES string of the molecule is CN(Cc1cccs1)CC(N)C(C)(C)C. The van der Waals surface area contributed by atoms with Gasteiger partial charge < -0.3 is 5.73 Å². The van der Waals surface area contributed by atoms with Crippen molar-refractivity contribution in [2.45, 2.75) is 33.4 Å². The van der Waals surface area contributed by atoms with Crippen molar-refractivity contribution in [3.05, 3.63) is 22.4 Å². The van der Waals surface area contributed by atoms with Crippen LogP contribution in [0, 0.1) is 5.41 Å². The Hall–Kier alpha value is -0.380. The Morgan fingerprint density at radius 2 is 2.13 bits per heavy atom. The first-order valence-corrected chi connectivity index (χ1v) is 6.24. The topological polar surface area (TPSA) is 29.3 Å². The molecule has 0 aromatic carbocycles.